The van der Waals surface area contributed by atoms with Gasteiger partial charge in [-0.25, -0.2) is 9.78 Å². The smallest absolute Gasteiger partial charge is 0.335 e. The number of benzene rings is 2. The van der Waals surface area contributed by atoms with Crippen molar-refractivity contribution in [1.82, 2.24) is 4.98 Å². The Balaban J connectivity index is 1.83. The Hall–Kier alpha value is -2.62. The van der Waals surface area contributed by atoms with Crippen molar-refractivity contribution in [2.75, 3.05) is 0 Å². The zero-order valence-electron chi connectivity index (χ0n) is 11.2. The predicted octanol–water partition coefficient (Wildman–Crippen LogP) is 3.61. The highest BCUT2D eigenvalue weighted by Gasteiger charge is 2.50. The average Bonchev–Trinajstić information content (AvgIpc) is 3.21. The Morgan fingerprint density at radius 2 is 1.90 bits per heavy atom. The summed E-state index contributed by atoms with van der Waals surface area (Å²) in [6.07, 6.45) is 2.02. The van der Waals surface area contributed by atoms with Gasteiger partial charge in [0, 0.05) is 0 Å². The van der Waals surface area contributed by atoms with Crippen molar-refractivity contribution in [3.8, 4) is 0 Å². The molecule has 0 spiro atoms. The van der Waals surface area contributed by atoms with Crippen LogP contribution in [0.25, 0.3) is 11.1 Å². The highest BCUT2D eigenvalue weighted by molar-refractivity contribution is 5.91. The SMILES string of the molecule is O=C(O)c1ccc2nc(C3(c4ccccc4)CC3)oc2c1. The van der Waals surface area contributed by atoms with E-state index >= 15 is 0 Å². The Bertz CT molecular complexity index is 832. The summed E-state index contributed by atoms with van der Waals surface area (Å²) in [5.41, 5.74) is 2.53. The molecular formula is C17H13NO3. The second kappa shape index (κ2) is 4.19. The van der Waals surface area contributed by atoms with Gasteiger partial charge in [-0.15, -0.1) is 0 Å². The summed E-state index contributed by atoms with van der Waals surface area (Å²) >= 11 is 0. The maximum absolute atomic E-state index is 11.0. The average molecular weight is 279 g/mol. The second-order valence-electron chi connectivity index (χ2n) is 5.45. The third-order valence-corrected chi connectivity index (χ3v) is 4.12. The molecule has 1 aromatic heterocycles. The van der Waals surface area contributed by atoms with E-state index in [9.17, 15) is 4.79 Å². The first-order chi connectivity index (χ1) is 10.2. The van der Waals surface area contributed by atoms with Gasteiger partial charge in [0.2, 0.25) is 5.89 Å². The van der Waals surface area contributed by atoms with Crippen molar-refractivity contribution in [3.63, 3.8) is 0 Å². The lowest BCUT2D eigenvalue weighted by Crippen LogP contribution is -2.08. The summed E-state index contributed by atoms with van der Waals surface area (Å²) in [5.74, 6) is -0.273. The predicted molar refractivity (Wildman–Crippen MR) is 77.4 cm³/mol. The summed E-state index contributed by atoms with van der Waals surface area (Å²) in [6.45, 7) is 0. The van der Waals surface area contributed by atoms with Gasteiger partial charge in [-0.2, -0.15) is 0 Å². The number of carboxylic acid groups (broad SMARTS) is 1. The van der Waals surface area contributed by atoms with Crippen LogP contribution in [0.5, 0.6) is 0 Å². The van der Waals surface area contributed by atoms with Crippen LogP contribution in [0.3, 0.4) is 0 Å². The molecule has 0 amide bonds. The van der Waals surface area contributed by atoms with Gasteiger partial charge in [0.05, 0.1) is 11.0 Å². The molecule has 1 aliphatic carbocycles. The van der Waals surface area contributed by atoms with Gasteiger partial charge in [-0.1, -0.05) is 30.3 Å². The number of carbonyl (C=O) groups is 1. The van der Waals surface area contributed by atoms with Crippen LogP contribution in [0.4, 0.5) is 0 Å². The molecule has 0 saturated heterocycles. The molecule has 0 bridgehead atoms. The van der Waals surface area contributed by atoms with Crippen molar-refractivity contribution in [2.45, 2.75) is 18.3 Å². The Labute approximate surface area is 121 Å². The third kappa shape index (κ3) is 1.83. The lowest BCUT2D eigenvalue weighted by atomic mass is 9.96. The van der Waals surface area contributed by atoms with Crippen LogP contribution in [0, 0.1) is 0 Å². The molecule has 21 heavy (non-hydrogen) atoms. The monoisotopic (exact) mass is 279 g/mol. The summed E-state index contributed by atoms with van der Waals surface area (Å²) in [5, 5.41) is 9.04. The van der Waals surface area contributed by atoms with Crippen LogP contribution in [0.15, 0.2) is 52.9 Å². The molecule has 3 aromatic rings. The maximum atomic E-state index is 11.0. The second-order valence-corrected chi connectivity index (χ2v) is 5.45. The van der Waals surface area contributed by atoms with E-state index in [2.05, 4.69) is 17.1 Å². The van der Waals surface area contributed by atoms with Crippen LogP contribution in [0.2, 0.25) is 0 Å². The summed E-state index contributed by atoms with van der Waals surface area (Å²) in [6, 6.07) is 15.0. The fourth-order valence-corrected chi connectivity index (χ4v) is 2.77. The van der Waals surface area contributed by atoms with Gasteiger partial charge in [0.25, 0.3) is 0 Å². The summed E-state index contributed by atoms with van der Waals surface area (Å²) < 4.78 is 5.87. The van der Waals surface area contributed by atoms with Gasteiger partial charge >= 0.3 is 5.97 Å². The molecule has 2 aromatic carbocycles. The summed E-state index contributed by atoms with van der Waals surface area (Å²) in [7, 11) is 0. The van der Waals surface area contributed by atoms with Crippen molar-refractivity contribution >= 4 is 17.1 Å². The third-order valence-electron chi connectivity index (χ3n) is 4.12. The molecule has 4 nitrogen and oxygen atoms in total. The number of hydrogen-bond acceptors (Lipinski definition) is 3. The number of rotatable bonds is 3. The molecule has 4 heteroatoms. The molecule has 1 fully saturated rings. The molecule has 0 atom stereocenters. The Morgan fingerprint density at radius 1 is 1.14 bits per heavy atom. The van der Waals surface area contributed by atoms with Crippen LogP contribution >= 0.6 is 0 Å². The standard InChI is InChI=1S/C17H13NO3/c19-15(20)11-6-7-13-14(10-11)21-16(18-13)17(8-9-17)12-4-2-1-3-5-12/h1-7,10H,8-9H2,(H,19,20). The number of aromatic nitrogens is 1. The molecule has 1 heterocycles. The van der Waals surface area contributed by atoms with E-state index in [-0.39, 0.29) is 11.0 Å². The van der Waals surface area contributed by atoms with Crippen LogP contribution in [0.1, 0.15) is 34.7 Å². The van der Waals surface area contributed by atoms with Crippen molar-refractivity contribution in [1.29, 1.82) is 0 Å². The fraction of sp³-hybridized carbons (Fsp3) is 0.176. The van der Waals surface area contributed by atoms with E-state index in [1.54, 1.807) is 12.1 Å². The van der Waals surface area contributed by atoms with E-state index in [1.807, 2.05) is 18.2 Å². The molecule has 4 rings (SSSR count). The normalized spacial score (nSPS) is 16.0. The minimum Gasteiger partial charge on any atom is -0.478 e. The number of oxazole rings is 1. The van der Waals surface area contributed by atoms with E-state index in [0.29, 0.717) is 17.0 Å². The number of aromatic carboxylic acids is 1. The zero-order valence-corrected chi connectivity index (χ0v) is 11.2. The number of fused-ring (bicyclic) bond motifs is 1. The van der Waals surface area contributed by atoms with Gasteiger partial charge < -0.3 is 9.52 Å². The van der Waals surface area contributed by atoms with Crippen molar-refractivity contribution in [2.24, 2.45) is 0 Å². The number of carboxylic acids is 1. The molecule has 104 valence electrons. The van der Waals surface area contributed by atoms with Gasteiger partial charge in [0.15, 0.2) is 5.58 Å². The minimum absolute atomic E-state index is 0.135. The van der Waals surface area contributed by atoms with E-state index in [0.717, 1.165) is 12.8 Å². The first kappa shape index (κ1) is 12.1. The number of nitrogens with zero attached hydrogens (tertiary/aromatic N) is 1. The topological polar surface area (TPSA) is 63.3 Å². The minimum atomic E-state index is -0.959. The van der Waals surface area contributed by atoms with Crippen LogP contribution < -0.4 is 0 Å². The molecule has 0 unspecified atom stereocenters. The Kier molecular flexibility index (Phi) is 2.42. The molecule has 1 saturated carbocycles. The lowest BCUT2D eigenvalue weighted by molar-refractivity contribution is 0.0697. The van der Waals surface area contributed by atoms with Gasteiger partial charge in [-0.3, -0.25) is 0 Å². The van der Waals surface area contributed by atoms with Crippen molar-refractivity contribution in [3.05, 3.63) is 65.5 Å². The quantitative estimate of drug-likeness (QED) is 0.795. The largest absolute Gasteiger partial charge is 0.478 e. The van der Waals surface area contributed by atoms with Crippen LogP contribution in [-0.2, 0) is 5.41 Å². The van der Waals surface area contributed by atoms with Gasteiger partial charge in [0.1, 0.15) is 5.52 Å². The van der Waals surface area contributed by atoms with E-state index < -0.39 is 5.97 Å². The Morgan fingerprint density at radius 3 is 2.57 bits per heavy atom. The molecule has 1 N–H and O–H groups in total. The lowest BCUT2D eigenvalue weighted by Gasteiger charge is -2.10. The van der Waals surface area contributed by atoms with E-state index in [1.165, 1.54) is 11.6 Å². The first-order valence-corrected chi connectivity index (χ1v) is 6.89. The summed E-state index contributed by atoms with van der Waals surface area (Å²) in [4.78, 5) is 15.6. The van der Waals surface area contributed by atoms with Gasteiger partial charge in [-0.05, 0) is 36.6 Å². The zero-order chi connectivity index (χ0) is 14.4. The first-order valence-electron chi connectivity index (χ1n) is 6.89. The maximum Gasteiger partial charge on any atom is 0.335 e. The fourth-order valence-electron chi connectivity index (χ4n) is 2.77. The molecule has 0 aliphatic heterocycles. The molecular weight excluding hydrogens is 266 g/mol. The highest BCUT2D eigenvalue weighted by Crippen LogP contribution is 2.53. The van der Waals surface area contributed by atoms with Crippen molar-refractivity contribution < 1.29 is 14.3 Å². The van der Waals surface area contributed by atoms with E-state index in [4.69, 9.17) is 9.52 Å². The van der Waals surface area contributed by atoms with Crippen LogP contribution in [-0.4, -0.2) is 16.1 Å². The number of hydrogen-bond donors (Lipinski definition) is 1. The molecule has 1 aliphatic rings. The molecule has 0 radical (unpaired) electrons. The highest BCUT2D eigenvalue weighted by atomic mass is 16.4.